The van der Waals surface area contributed by atoms with Crippen LogP contribution in [0.5, 0.6) is 0 Å². The summed E-state index contributed by atoms with van der Waals surface area (Å²) >= 11 is 0. The Hall–Kier alpha value is -4.86. The molecule has 156 valence electrons. The molecule has 5 rings (SSSR count). The normalized spacial score (nSPS) is 11.2. The van der Waals surface area contributed by atoms with Crippen LogP contribution >= 0.6 is 0 Å². The number of nitro groups is 1. The number of benzene rings is 2. The summed E-state index contributed by atoms with van der Waals surface area (Å²) < 4.78 is 3.61. The van der Waals surface area contributed by atoms with Gasteiger partial charge in [-0.25, -0.2) is 14.6 Å². The zero-order valence-electron chi connectivity index (χ0n) is 16.6. The van der Waals surface area contributed by atoms with Gasteiger partial charge in [-0.1, -0.05) is 18.2 Å². The Balaban J connectivity index is 1.39. The second-order valence-electron chi connectivity index (χ2n) is 6.80. The molecule has 10 nitrogen and oxygen atoms in total. The van der Waals surface area contributed by atoms with E-state index in [1.807, 2.05) is 53.2 Å². The van der Waals surface area contributed by atoms with Crippen LogP contribution in [0.4, 0.5) is 11.5 Å². The maximum absolute atomic E-state index is 10.9. The number of nitrogens with zero attached hydrogens (tertiary/aromatic N) is 7. The summed E-state index contributed by atoms with van der Waals surface area (Å²) in [5.41, 5.74) is 6.14. The van der Waals surface area contributed by atoms with Crippen LogP contribution in [0.25, 0.3) is 22.4 Å². The average molecular weight is 424 g/mol. The summed E-state index contributed by atoms with van der Waals surface area (Å²) in [6.45, 7) is 0. The lowest BCUT2D eigenvalue weighted by molar-refractivity contribution is -0.384. The molecule has 10 heteroatoms. The number of hydrogen-bond donors (Lipinski definition) is 1. The molecule has 3 aromatic heterocycles. The second-order valence-corrected chi connectivity index (χ2v) is 6.80. The molecule has 0 amide bonds. The third kappa shape index (κ3) is 3.56. The van der Waals surface area contributed by atoms with E-state index in [0.717, 1.165) is 22.5 Å². The van der Waals surface area contributed by atoms with Crippen LogP contribution in [-0.2, 0) is 0 Å². The second kappa shape index (κ2) is 8.11. The zero-order valence-corrected chi connectivity index (χ0v) is 16.6. The molecule has 1 N–H and O–H groups in total. The van der Waals surface area contributed by atoms with Crippen molar-refractivity contribution < 1.29 is 4.92 Å². The van der Waals surface area contributed by atoms with Crippen molar-refractivity contribution >= 4 is 28.8 Å². The SMILES string of the molecule is O=[N+]([O-])c1ccc(-n2cccc2/C=N\Nc2ncnc3c2cnn3-c2ccccc2)cc1. The first-order valence-corrected chi connectivity index (χ1v) is 9.66. The van der Waals surface area contributed by atoms with E-state index < -0.39 is 4.92 Å². The Labute approximate surface area is 181 Å². The van der Waals surface area contributed by atoms with Crippen LogP contribution in [0.15, 0.2) is 90.6 Å². The van der Waals surface area contributed by atoms with Crippen molar-refractivity contribution in [2.45, 2.75) is 0 Å². The predicted octanol–water partition coefficient (Wildman–Crippen LogP) is 3.96. The van der Waals surface area contributed by atoms with Crippen molar-refractivity contribution in [3.63, 3.8) is 0 Å². The highest BCUT2D eigenvalue weighted by atomic mass is 16.6. The predicted molar refractivity (Wildman–Crippen MR) is 120 cm³/mol. The van der Waals surface area contributed by atoms with Gasteiger partial charge in [-0.15, -0.1) is 0 Å². The number of hydrazone groups is 1. The van der Waals surface area contributed by atoms with Crippen molar-refractivity contribution in [1.82, 2.24) is 24.3 Å². The minimum Gasteiger partial charge on any atom is -0.316 e. The van der Waals surface area contributed by atoms with Gasteiger partial charge in [0.25, 0.3) is 5.69 Å². The minimum absolute atomic E-state index is 0.0432. The van der Waals surface area contributed by atoms with Gasteiger partial charge >= 0.3 is 0 Å². The van der Waals surface area contributed by atoms with E-state index in [1.54, 1.807) is 29.2 Å². The van der Waals surface area contributed by atoms with Crippen molar-refractivity contribution in [3.8, 4) is 11.4 Å². The molecule has 32 heavy (non-hydrogen) atoms. The number of nitrogens with one attached hydrogen (secondary N) is 1. The van der Waals surface area contributed by atoms with Crippen molar-refractivity contribution in [1.29, 1.82) is 0 Å². The Morgan fingerprint density at radius 1 is 0.969 bits per heavy atom. The molecule has 0 spiro atoms. The quantitative estimate of drug-likeness (QED) is 0.251. The molecule has 0 atom stereocenters. The summed E-state index contributed by atoms with van der Waals surface area (Å²) in [5, 5.41) is 20.3. The Bertz CT molecular complexity index is 1420. The number of non-ortho nitro benzene ring substituents is 1. The number of hydrogen-bond acceptors (Lipinski definition) is 7. The highest BCUT2D eigenvalue weighted by Crippen LogP contribution is 2.21. The van der Waals surface area contributed by atoms with Gasteiger partial charge in [0.1, 0.15) is 6.33 Å². The Morgan fingerprint density at radius 3 is 2.56 bits per heavy atom. The van der Waals surface area contributed by atoms with Crippen molar-refractivity contribution in [2.24, 2.45) is 5.10 Å². The molecule has 0 aliphatic heterocycles. The van der Waals surface area contributed by atoms with Gasteiger partial charge in [0.05, 0.1) is 34.1 Å². The van der Waals surface area contributed by atoms with Gasteiger partial charge in [-0.05, 0) is 36.4 Å². The molecule has 0 saturated heterocycles. The number of nitro benzene ring substituents is 1. The first-order chi connectivity index (χ1) is 15.7. The van der Waals surface area contributed by atoms with Crippen LogP contribution in [0.3, 0.4) is 0 Å². The molecular formula is C22H16N8O2. The fourth-order valence-electron chi connectivity index (χ4n) is 3.32. The van der Waals surface area contributed by atoms with E-state index in [2.05, 4.69) is 25.6 Å². The van der Waals surface area contributed by atoms with Gasteiger partial charge in [-0.2, -0.15) is 10.2 Å². The van der Waals surface area contributed by atoms with Crippen molar-refractivity contribution in [3.05, 3.63) is 101 Å². The first kappa shape index (κ1) is 19.1. The maximum Gasteiger partial charge on any atom is 0.269 e. The van der Waals surface area contributed by atoms with E-state index in [9.17, 15) is 10.1 Å². The fourth-order valence-corrected chi connectivity index (χ4v) is 3.32. The zero-order chi connectivity index (χ0) is 21.9. The number of para-hydroxylation sites is 1. The van der Waals surface area contributed by atoms with Gasteiger partial charge < -0.3 is 4.57 Å². The number of fused-ring (bicyclic) bond motifs is 1. The first-order valence-electron chi connectivity index (χ1n) is 9.66. The molecule has 3 heterocycles. The highest BCUT2D eigenvalue weighted by Gasteiger charge is 2.11. The fraction of sp³-hybridized carbons (Fsp3) is 0. The average Bonchev–Trinajstić information content (AvgIpc) is 3.47. The summed E-state index contributed by atoms with van der Waals surface area (Å²) in [6.07, 6.45) is 6.66. The lowest BCUT2D eigenvalue weighted by Gasteiger charge is -2.06. The van der Waals surface area contributed by atoms with E-state index in [0.29, 0.717) is 11.5 Å². The largest absolute Gasteiger partial charge is 0.316 e. The van der Waals surface area contributed by atoms with E-state index in [1.165, 1.54) is 18.5 Å². The van der Waals surface area contributed by atoms with Crippen LogP contribution in [-0.4, -0.2) is 35.5 Å². The molecule has 0 saturated carbocycles. The van der Waals surface area contributed by atoms with Crippen molar-refractivity contribution in [2.75, 3.05) is 5.43 Å². The molecule has 0 aliphatic rings. The van der Waals surface area contributed by atoms with Gasteiger partial charge in [0, 0.05) is 24.0 Å². The molecule has 0 fully saturated rings. The summed E-state index contributed by atoms with van der Waals surface area (Å²) in [7, 11) is 0. The van der Waals surface area contributed by atoms with Gasteiger partial charge in [0.15, 0.2) is 11.5 Å². The smallest absolute Gasteiger partial charge is 0.269 e. The Morgan fingerprint density at radius 2 is 1.78 bits per heavy atom. The molecule has 0 aliphatic carbocycles. The standard InChI is InChI=1S/C22H16N8O2/c31-30(32)18-10-8-16(9-11-18)28-12-4-7-19(28)13-25-27-21-20-14-26-29(22(20)24-15-23-21)17-5-2-1-3-6-17/h1-15H,(H,23,24,27)/b25-13-. The molecular weight excluding hydrogens is 408 g/mol. The lowest BCUT2D eigenvalue weighted by Crippen LogP contribution is -2.01. The molecule has 2 aromatic carbocycles. The number of rotatable bonds is 6. The summed E-state index contributed by atoms with van der Waals surface area (Å²) in [4.78, 5) is 19.1. The topological polar surface area (TPSA) is 116 Å². The minimum atomic E-state index is -0.423. The third-order valence-corrected chi connectivity index (χ3v) is 4.85. The molecule has 0 radical (unpaired) electrons. The summed E-state index contributed by atoms with van der Waals surface area (Å²) in [6, 6.07) is 19.8. The van der Waals surface area contributed by atoms with E-state index in [4.69, 9.17) is 0 Å². The Kier molecular flexibility index (Phi) is 4.85. The monoisotopic (exact) mass is 424 g/mol. The molecule has 0 bridgehead atoms. The molecule has 0 unspecified atom stereocenters. The van der Waals surface area contributed by atoms with Gasteiger partial charge in [0.2, 0.25) is 0 Å². The highest BCUT2D eigenvalue weighted by molar-refractivity contribution is 5.88. The maximum atomic E-state index is 10.9. The van der Waals surface area contributed by atoms with Crippen LogP contribution in [0.2, 0.25) is 0 Å². The lowest BCUT2D eigenvalue weighted by atomic mass is 10.3. The van der Waals surface area contributed by atoms with Gasteiger partial charge in [-0.3, -0.25) is 15.5 Å². The van der Waals surface area contributed by atoms with E-state index >= 15 is 0 Å². The number of anilines is 1. The third-order valence-electron chi connectivity index (χ3n) is 4.85. The van der Waals surface area contributed by atoms with E-state index in [-0.39, 0.29) is 5.69 Å². The van der Waals surface area contributed by atoms with Crippen LogP contribution in [0.1, 0.15) is 5.69 Å². The van der Waals surface area contributed by atoms with Crippen LogP contribution in [0, 0.1) is 10.1 Å². The van der Waals surface area contributed by atoms with Crippen LogP contribution < -0.4 is 5.43 Å². The molecule has 5 aromatic rings. The summed E-state index contributed by atoms with van der Waals surface area (Å²) in [5.74, 6) is 0.530. The number of aromatic nitrogens is 5.